The fourth-order valence-electron chi connectivity index (χ4n) is 1.37. The first-order valence-corrected chi connectivity index (χ1v) is 7.43. The summed E-state index contributed by atoms with van der Waals surface area (Å²) in [6, 6.07) is 5.83. The largest absolute Gasteiger partial charge is 0.354 e. The number of pyridine rings is 1. The normalized spacial score (nSPS) is 10.3. The lowest BCUT2D eigenvalue weighted by Crippen LogP contribution is -2.33. The lowest BCUT2D eigenvalue weighted by atomic mass is 10.4. The molecule has 0 spiro atoms. The average Bonchev–Trinajstić information content (AvgIpc) is 2.40. The van der Waals surface area contributed by atoms with E-state index >= 15 is 0 Å². The molecule has 0 saturated heterocycles. The summed E-state index contributed by atoms with van der Waals surface area (Å²) in [6.07, 6.45) is 2.89. The Morgan fingerprint density at radius 3 is 2.94 bits per heavy atom. The predicted octanol–water partition coefficient (Wildman–Crippen LogP) is 1.43. The van der Waals surface area contributed by atoms with Gasteiger partial charge in [0.25, 0.3) is 0 Å². The monoisotopic (exact) mass is 267 g/mol. The quantitative estimate of drug-likeness (QED) is 0.665. The Kier molecular flexibility index (Phi) is 8.25. The smallest absolute Gasteiger partial charge is 0.230 e. The first-order chi connectivity index (χ1) is 8.83. The number of hydrogen-bond acceptors (Lipinski definition) is 4. The molecule has 0 aliphatic rings. The van der Waals surface area contributed by atoms with Crippen molar-refractivity contribution in [2.24, 2.45) is 0 Å². The highest BCUT2D eigenvalue weighted by Gasteiger charge is 2.01. The van der Waals surface area contributed by atoms with Gasteiger partial charge in [-0.1, -0.05) is 13.0 Å². The second-order valence-electron chi connectivity index (χ2n) is 3.91. The minimum Gasteiger partial charge on any atom is -0.354 e. The Bertz CT molecular complexity index is 332. The van der Waals surface area contributed by atoms with Crippen molar-refractivity contribution < 1.29 is 4.79 Å². The third kappa shape index (κ3) is 7.29. The molecule has 1 aromatic heterocycles. The molecule has 0 fully saturated rings. The van der Waals surface area contributed by atoms with Crippen LogP contribution in [0.1, 0.15) is 19.0 Å². The lowest BCUT2D eigenvalue weighted by molar-refractivity contribution is -0.118. The lowest BCUT2D eigenvalue weighted by Gasteiger charge is -2.05. The zero-order valence-corrected chi connectivity index (χ0v) is 11.6. The van der Waals surface area contributed by atoms with Gasteiger partial charge in [0, 0.05) is 25.0 Å². The van der Waals surface area contributed by atoms with Gasteiger partial charge < -0.3 is 10.6 Å². The van der Waals surface area contributed by atoms with E-state index in [2.05, 4.69) is 22.5 Å². The number of carbonyl (C=O) groups is 1. The van der Waals surface area contributed by atoms with Gasteiger partial charge in [0.05, 0.1) is 11.4 Å². The van der Waals surface area contributed by atoms with Crippen molar-refractivity contribution in [2.45, 2.75) is 19.1 Å². The van der Waals surface area contributed by atoms with Gasteiger partial charge in [-0.15, -0.1) is 11.8 Å². The van der Waals surface area contributed by atoms with Gasteiger partial charge in [-0.2, -0.15) is 0 Å². The zero-order chi connectivity index (χ0) is 13.1. The molecule has 5 heteroatoms. The second kappa shape index (κ2) is 9.91. The van der Waals surface area contributed by atoms with Crippen LogP contribution in [0.4, 0.5) is 0 Å². The van der Waals surface area contributed by atoms with Crippen LogP contribution in [0.3, 0.4) is 0 Å². The minimum absolute atomic E-state index is 0.0919. The topological polar surface area (TPSA) is 54.0 Å². The van der Waals surface area contributed by atoms with E-state index in [1.54, 1.807) is 18.0 Å². The highest BCUT2D eigenvalue weighted by molar-refractivity contribution is 7.99. The number of nitrogens with one attached hydrogen (secondary N) is 2. The van der Waals surface area contributed by atoms with E-state index in [0.29, 0.717) is 12.3 Å². The second-order valence-corrected chi connectivity index (χ2v) is 4.90. The van der Waals surface area contributed by atoms with Crippen molar-refractivity contribution in [3.05, 3.63) is 30.1 Å². The number of nitrogens with zero attached hydrogens (tertiary/aromatic N) is 1. The molecular weight excluding hydrogens is 246 g/mol. The third-order valence-electron chi connectivity index (χ3n) is 2.26. The van der Waals surface area contributed by atoms with Crippen LogP contribution in [0.25, 0.3) is 0 Å². The summed E-state index contributed by atoms with van der Waals surface area (Å²) < 4.78 is 0. The first kappa shape index (κ1) is 15.0. The fraction of sp³-hybridized carbons (Fsp3) is 0.538. The van der Waals surface area contributed by atoms with Gasteiger partial charge in [-0.25, -0.2) is 0 Å². The number of amides is 1. The van der Waals surface area contributed by atoms with E-state index in [1.165, 1.54) is 0 Å². The summed E-state index contributed by atoms with van der Waals surface area (Å²) in [5.41, 5.74) is 1.01. The molecule has 1 aromatic rings. The summed E-state index contributed by atoms with van der Waals surface area (Å²) in [7, 11) is 0. The molecule has 0 bridgehead atoms. The van der Waals surface area contributed by atoms with Crippen LogP contribution in [-0.2, 0) is 10.5 Å². The number of thioether (sulfide) groups is 1. The van der Waals surface area contributed by atoms with Crippen LogP contribution in [0.15, 0.2) is 24.4 Å². The van der Waals surface area contributed by atoms with E-state index in [1.807, 2.05) is 18.2 Å². The van der Waals surface area contributed by atoms with E-state index in [-0.39, 0.29) is 5.91 Å². The van der Waals surface area contributed by atoms with E-state index < -0.39 is 0 Å². The van der Waals surface area contributed by atoms with Gasteiger partial charge in [-0.05, 0) is 25.1 Å². The number of hydrogen-bond donors (Lipinski definition) is 2. The van der Waals surface area contributed by atoms with Crippen LogP contribution < -0.4 is 10.6 Å². The van der Waals surface area contributed by atoms with Crippen molar-refractivity contribution in [3.8, 4) is 0 Å². The molecule has 4 nitrogen and oxygen atoms in total. The maximum atomic E-state index is 11.5. The Balaban J connectivity index is 2.00. The Morgan fingerprint density at radius 2 is 2.22 bits per heavy atom. The standard InChI is InChI=1S/C13H21N3OS/c1-2-6-14-8-9-16-13(17)11-18-10-12-5-3-4-7-15-12/h3-5,7,14H,2,6,8-11H2,1H3,(H,16,17). The molecule has 0 atom stereocenters. The van der Waals surface area contributed by atoms with Gasteiger partial charge >= 0.3 is 0 Å². The van der Waals surface area contributed by atoms with Crippen molar-refractivity contribution >= 4 is 17.7 Å². The Hall–Kier alpha value is -1.07. The molecule has 1 rings (SSSR count). The molecule has 1 amide bonds. The number of carbonyl (C=O) groups excluding carboxylic acids is 1. The number of rotatable bonds is 9. The number of aromatic nitrogens is 1. The Morgan fingerprint density at radius 1 is 1.33 bits per heavy atom. The van der Waals surface area contributed by atoms with Crippen LogP contribution in [0.5, 0.6) is 0 Å². The molecule has 0 aliphatic heterocycles. The Labute approximate surface area is 113 Å². The van der Waals surface area contributed by atoms with Crippen molar-refractivity contribution in [1.29, 1.82) is 0 Å². The van der Waals surface area contributed by atoms with Crippen molar-refractivity contribution in [2.75, 3.05) is 25.4 Å². The molecule has 100 valence electrons. The van der Waals surface area contributed by atoms with Crippen LogP contribution >= 0.6 is 11.8 Å². The molecule has 0 aliphatic carbocycles. The van der Waals surface area contributed by atoms with Crippen LogP contribution in [-0.4, -0.2) is 36.3 Å². The highest BCUT2D eigenvalue weighted by Crippen LogP contribution is 2.08. The third-order valence-corrected chi connectivity index (χ3v) is 3.23. The maximum absolute atomic E-state index is 11.5. The molecule has 0 aromatic carbocycles. The van der Waals surface area contributed by atoms with E-state index in [0.717, 1.165) is 31.0 Å². The molecule has 2 N–H and O–H groups in total. The minimum atomic E-state index is 0.0919. The van der Waals surface area contributed by atoms with Crippen molar-refractivity contribution in [3.63, 3.8) is 0 Å². The molecule has 18 heavy (non-hydrogen) atoms. The maximum Gasteiger partial charge on any atom is 0.230 e. The fourth-order valence-corrected chi connectivity index (χ4v) is 2.14. The molecule has 1 heterocycles. The molecule has 0 unspecified atom stereocenters. The van der Waals surface area contributed by atoms with E-state index in [9.17, 15) is 4.79 Å². The van der Waals surface area contributed by atoms with Gasteiger partial charge in [0.1, 0.15) is 0 Å². The average molecular weight is 267 g/mol. The zero-order valence-electron chi connectivity index (χ0n) is 10.8. The van der Waals surface area contributed by atoms with Crippen LogP contribution in [0.2, 0.25) is 0 Å². The van der Waals surface area contributed by atoms with Crippen molar-refractivity contribution in [1.82, 2.24) is 15.6 Å². The summed E-state index contributed by atoms with van der Waals surface area (Å²) in [4.78, 5) is 15.7. The van der Waals surface area contributed by atoms with E-state index in [4.69, 9.17) is 0 Å². The van der Waals surface area contributed by atoms with Gasteiger partial charge in [0.15, 0.2) is 0 Å². The van der Waals surface area contributed by atoms with Crippen LogP contribution in [0, 0.1) is 0 Å². The van der Waals surface area contributed by atoms with Gasteiger partial charge in [-0.3, -0.25) is 9.78 Å². The molecule has 0 radical (unpaired) electrons. The SMILES string of the molecule is CCCNCCNC(=O)CSCc1ccccn1. The summed E-state index contributed by atoms with van der Waals surface area (Å²) in [5, 5.41) is 6.13. The van der Waals surface area contributed by atoms with Gasteiger partial charge in [0.2, 0.25) is 5.91 Å². The summed E-state index contributed by atoms with van der Waals surface area (Å²) in [5.74, 6) is 1.36. The predicted molar refractivity (Wildman–Crippen MR) is 76.6 cm³/mol. The summed E-state index contributed by atoms with van der Waals surface area (Å²) in [6.45, 7) is 4.66. The highest BCUT2D eigenvalue weighted by atomic mass is 32.2. The molecule has 0 saturated carbocycles. The first-order valence-electron chi connectivity index (χ1n) is 6.28. The molecular formula is C13H21N3OS. The summed E-state index contributed by atoms with van der Waals surface area (Å²) >= 11 is 1.59.